The number of amides is 1. The van der Waals surface area contributed by atoms with Gasteiger partial charge in [0.1, 0.15) is 5.71 Å². The molecular formula is C9H7N3O3. The fraction of sp³-hybridized carbons (Fsp3) is 0.111. The number of fused-ring (bicyclic) bond motifs is 1. The molecule has 6 nitrogen and oxygen atoms in total. The zero-order valence-corrected chi connectivity index (χ0v) is 7.85. The minimum atomic E-state index is -0.506. The van der Waals surface area contributed by atoms with Gasteiger partial charge in [-0.1, -0.05) is 0 Å². The molecule has 76 valence electrons. The van der Waals surface area contributed by atoms with Gasteiger partial charge in [-0.3, -0.25) is 19.9 Å². The Bertz CT molecular complexity index is 493. The summed E-state index contributed by atoms with van der Waals surface area (Å²) >= 11 is 0. The number of nitro benzene ring substituents is 1. The van der Waals surface area contributed by atoms with E-state index in [4.69, 9.17) is 0 Å². The van der Waals surface area contributed by atoms with Gasteiger partial charge in [0.05, 0.1) is 10.6 Å². The summed E-state index contributed by atoms with van der Waals surface area (Å²) in [4.78, 5) is 25.1. The summed E-state index contributed by atoms with van der Waals surface area (Å²) in [5.41, 5.74) is 1.30. The summed E-state index contributed by atoms with van der Waals surface area (Å²) in [6, 6.07) is 4.20. The van der Waals surface area contributed by atoms with Gasteiger partial charge in [0.2, 0.25) is 0 Å². The Labute approximate surface area is 84.8 Å². The van der Waals surface area contributed by atoms with Crippen LogP contribution in [0.2, 0.25) is 0 Å². The van der Waals surface area contributed by atoms with Gasteiger partial charge in [-0.25, -0.2) is 0 Å². The molecule has 1 heterocycles. The molecule has 1 amide bonds. The third-order valence-corrected chi connectivity index (χ3v) is 2.16. The fourth-order valence-corrected chi connectivity index (χ4v) is 1.48. The molecule has 1 aliphatic heterocycles. The first-order chi connectivity index (χ1) is 7.13. The molecule has 0 unspecified atom stereocenters. The van der Waals surface area contributed by atoms with E-state index in [1.165, 1.54) is 25.2 Å². The average molecular weight is 205 g/mol. The lowest BCUT2D eigenvalue weighted by atomic mass is 10.1. The Morgan fingerprint density at radius 1 is 1.47 bits per heavy atom. The SMILES string of the molecule is CN=C1C(=O)Nc2cc([N+](=O)[O-])ccc21. The summed E-state index contributed by atoms with van der Waals surface area (Å²) in [5, 5.41) is 13.0. The summed E-state index contributed by atoms with van der Waals surface area (Å²) < 4.78 is 0. The van der Waals surface area contributed by atoms with Crippen LogP contribution in [0.15, 0.2) is 23.2 Å². The highest BCUT2D eigenvalue weighted by Crippen LogP contribution is 2.27. The Balaban J connectivity index is 2.56. The van der Waals surface area contributed by atoms with Crippen LogP contribution in [0.1, 0.15) is 5.56 Å². The summed E-state index contributed by atoms with van der Waals surface area (Å²) in [7, 11) is 1.51. The van der Waals surface area contributed by atoms with Crippen LogP contribution in [0.5, 0.6) is 0 Å². The van der Waals surface area contributed by atoms with E-state index in [1.54, 1.807) is 0 Å². The number of nitro groups is 1. The van der Waals surface area contributed by atoms with E-state index in [2.05, 4.69) is 10.3 Å². The molecule has 0 bridgehead atoms. The number of hydrogen-bond donors (Lipinski definition) is 1. The second kappa shape index (κ2) is 3.16. The molecule has 0 atom stereocenters. The number of non-ortho nitro benzene ring substituents is 1. The van der Waals surface area contributed by atoms with Crippen molar-refractivity contribution < 1.29 is 9.72 Å². The Kier molecular flexibility index (Phi) is 1.96. The number of anilines is 1. The molecule has 15 heavy (non-hydrogen) atoms. The van der Waals surface area contributed by atoms with Gasteiger partial charge in [0.15, 0.2) is 0 Å². The first-order valence-corrected chi connectivity index (χ1v) is 4.20. The Hall–Kier alpha value is -2.24. The number of rotatable bonds is 1. The topological polar surface area (TPSA) is 84.6 Å². The molecule has 0 spiro atoms. The molecule has 6 heteroatoms. The minimum Gasteiger partial charge on any atom is -0.320 e. The normalized spacial score (nSPS) is 16.3. The second-order valence-corrected chi connectivity index (χ2v) is 3.01. The van der Waals surface area contributed by atoms with Crippen molar-refractivity contribution in [1.29, 1.82) is 0 Å². The van der Waals surface area contributed by atoms with Crippen LogP contribution in [0.4, 0.5) is 11.4 Å². The summed E-state index contributed by atoms with van der Waals surface area (Å²) in [6.07, 6.45) is 0. The number of nitrogens with zero attached hydrogens (tertiary/aromatic N) is 2. The lowest BCUT2D eigenvalue weighted by Crippen LogP contribution is -2.13. The van der Waals surface area contributed by atoms with Crippen molar-refractivity contribution in [2.75, 3.05) is 12.4 Å². The van der Waals surface area contributed by atoms with E-state index in [0.717, 1.165) is 0 Å². The van der Waals surface area contributed by atoms with Crippen molar-refractivity contribution in [1.82, 2.24) is 0 Å². The standard InChI is InChI=1S/C9H7N3O3/c1-10-8-6-3-2-5(12(14)15)4-7(6)11-9(8)13/h2-4H,1H3,(H,10,11,13). The highest BCUT2D eigenvalue weighted by Gasteiger charge is 2.26. The van der Waals surface area contributed by atoms with Crippen molar-refractivity contribution in [2.24, 2.45) is 4.99 Å². The largest absolute Gasteiger partial charge is 0.320 e. The lowest BCUT2D eigenvalue weighted by Gasteiger charge is -1.96. The third-order valence-electron chi connectivity index (χ3n) is 2.16. The molecule has 1 aromatic carbocycles. The van der Waals surface area contributed by atoms with E-state index >= 15 is 0 Å². The van der Waals surface area contributed by atoms with E-state index < -0.39 is 4.92 Å². The maximum Gasteiger partial charge on any atom is 0.274 e. The quantitative estimate of drug-likeness (QED) is 0.547. The molecule has 0 aromatic heterocycles. The molecule has 1 aromatic rings. The molecular weight excluding hydrogens is 198 g/mol. The minimum absolute atomic E-state index is 0.0496. The molecule has 2 rings (SSSR count). The van der Waals surface area contributed by atoms with Crippen LogP contribution in [0.25, 0.3) is 0 Å². The predicted molar refractivity (Wildman–Crippen MR) is 54.2 cm³/mol. The average Bonchev–Trinajstić information content (AvgIpc) is 2.51. The predicted octanol–water partition coefficient (Wildman–Crippen LogP) is 0.966. The van der Waals surface area contributed by atoms with Gasteiger partial charge >= 0.3 is 0 Å². The van der Waals surface area contributed by atoms with Gasteiger partial charge < -0.3 is 5.32 Å². The molecule has 0 radical (unpaired) electrons. The number of nitrogens with one attached hydrogen (secondary N) is 1. The number of carbonyl (C=O) groups excluding carboxylic acids is 1. The number of benzene rings is 1. The van der Waals surface area contributed by atoms with Gasteiger partial charge in [0, 0.05) is 24.7 Å². The molecule has 0 fully saturated rings. The van der Waals surface area contributed by atoms with Crippen LogP contribution < -0.4 is 5.32 Å². The van der Waals surface area contributed by atoms with E-state index in [9.17, 15) is 14.9 Å². The first-order valence-electron chi connectivity index (χ1n) is 4.20. The zero-order chi connectivity index (χ0) is 11.0. The van der Waals surface area contributed by atoms with E-state index in [1.807, 2.05) is 0 Å². The molecule has 0 saturated heterocycles. The zero-order valence-electron chi connectivity index (χ0n) is 7.85. The molecule has 1 N–H and O–H groups in total. The molecule has 1 aliphatic rings. The summed E-state index contributed by atoms with van der Waals surface area (Å²) in [6.45, 7) is 0. The first kappa shape index (κ1) is 9.32. The van der Waals surface area contributed by atoms with Crippen LogP contribution >= 0.6 is 0 Å². The highest BCUT2D eigenvalue weighted by atomic mass is 16.6. The maximum atomic E-state index is 11.3. The van der Waals surface area contributed by atoms with Crippen molar-refractivity contribution in [3.63, 3.8) is 0 Å². The van der Waals surface area contributed by atoms with Crippen molar-refractivity contribution in [3.8, 4) is 0 Å². The van der Waals surface area contributed by atoms with Crippen LogP contribution in [-0.4, -0.2) is 23.6 Å². The van der Waals surface area contributed by atoms with Crippen LogP contribution in [0.3, 0.4) is 0 Å². The molecule has 0 aliphatic carbocycles. The lowest BCUT2D eigenvalue weighted by molar-refractivity contribution is -0.384. The van der Waals surface area contributed by atoms with Crippen molar-refractivity contribution in [3.05, 3.63) is 33.9 Å². The van der Waals surface area contributed by atoms with Crippen molar-refractivity contribution in [2.45, 2.75) is 0 Å². The smallest absolute Gasteiger partial charge is 0.274 e. The van der Waals surface area contributed by atoms with Gasteiger partial charge in [-0.05, 0) is 6.07 Å². The summed E-state index contributed by atoms with van der Waals surface area (Å²) in [5.74, 6) is -0.326. The van der Waals surface area contributed by atoms with E-state index in [0.29, 0.717) is 17.0 Å². The van der Waals surface area contributed by atoms with Crippen LogP contribution in [0, 0.1) is 10.1 Å². The van der Waals surface area contributed by atoms with Gasteiger partial charge in [-0.2, -0.15) is 0 Å². The molecule has 0 saturated carbocycles. The number of carbonyl (C=O) groups is 1. The van der Waals surface area contributed by atoms with Gasteiger partial charge in [-0.15, -0.1) is 0 Å². The van der Waals surface area contributed by atoms with Gasteiger partial charge in [0.25, 0.3) is 11.6 Å². The van der Waals surface area contributed by atoms with Crippen molar-refractivity contribution >= 4 is 23.0 Å². The number of hydrogen-bond acceptors (Lipinski definition) is 4. The number of aliphatic imine (C=N–C) groups is 1. The Morgan fingerprint density at radius 3 is 2.80 bits per heavy atom. The maximum absolute atomic E-state index is 11.3. The highest BCUT2D eigenvalue weighted by molar-refractivity contribution is 6.53. The fourth-order valence-electron chi connectivity index (χ4n) is 1.48. The third kappa shape index (κ3) is 1.35. The second-order valence-electron chi connectivity index (χ2n) is 3.01. The monoisotopic (exact) mass is 205 g/mol. The Morgan fingerprint density at radius 2 is 2.20 bits per heavy atom. The van der Waals surface area contributed by atoms with E-state index in [-0.39, 0.29) is 11.6 Å². The van der Waals surface area contributed by atoms with Crippen LogP contribution in [-0.2, 0) is 4.79 Å².